The van der Waals surface area contributed by atoms with E-state index >= 15 is 0 Å². The van der Waals surface area contributed by atoms with E-state index in [4.69, 9.17) is 14.9 Å². The van der Waals surface area contributed by atoms with Crippen LogP contribution in [0.15, 0.2) is 0 Å². The number of carbonyl (C=O) groups is 2. The quantitative estimate of drug-likeness (QED) is 0.479. The molecule has 8 nitrogen and oxygen atoms in total. The molecule has 8 heteroatoms. The van der Waals surface area contributed by atoms with Gasteiger partial charge in [0.2, 0.25) is 0 Å². The first-order chi connectivity index (χ1) is 8.56. The molecule has 1 unspecified atom stereocenters. The summed E-state index contributed by atoms with van der Waals surface area (Å²) in [6.07, 6.45) is -1.09. The number of hydrogen-bond acceptors (Lipinski definition) is 5. The van der Waals surface area contributed by atoms with Crippen LogP contribution >= 0.6 is 0 Å². The molecule has 0 aliphatic rings. The molecule has 0 spiro atoms. The highest BCUT2D eigenvalue weighted by Gasteiger charge is 2.19. The Morgan fingerprint density at radius 2 is 2.00 bits per heavy atom. The number of ether oxygens (including phenoxy) is 2. The van der Waals surface area contributed by atoms with Crippen LogP contribution < -0.4 is 5.32 Å². The summed E-state index contributed by atoms with van der Waals surface area (Å²) in [5, 5.41) is 20.0. The Morgan fingerprint density at radius 1 is 1.33 bits per heavy atom. The molecule has 0 bridgehead atoms. The number of aliphatic carboxylic acids is 1. The number of hydrogen-bond donors (Lipinski definition) is 3. The van der Waals surface area contributed by atoms with E-state index in [1.54, 1.807) is 0 Å². The van der Waals surface area contributed by atoms with Crippen LogP contribution in [0.5, 0.6) is 0 Å². The summed E-state index contributed by atoms with van der Waals surface area (Å²) in [5.41, 5.74) is 0. The van der Waals surface area contributed by atoms with Gasteiger partial charge in [-0.2, -0.15) is 0 Å². The van der Waals surface area contributed by atoms with Gasteiger partial charge < -0.3 is 29.9 Å². The van der Waals surface area contributed by atoms with Crippen LogP contribution in [0, 0.1) is 0 Å². The van der Waals surface area contributed by atoms with Crippen LogP contribution in [0.4, 0.5) is 4.79 Å². The van der Waals surface area contributed by atoms with Crippen LogP contribution in [-0.2, 0) is 14.3 Å². The molecule has 1 atom stereocenters. The van der Waals surface area contributed by atoms with E-state index in [0.29, 0.717) is 13.2 Å². The number of urea groups is 1. The molecule has 0 aromatic heterocycles. The Labute approximate surface area is 105 Å². The fourth-order valence-electron chi connectivity index (χ4n) is 1.20. The maximum Gasteiger partial charge on any atom is 0.334 e. The van der Waals surface area contributed by atoms with Crippen molar-refractivity contribution >= 4 is 12.0 Å². The molecule has 0 rings (SSSR count). The highest BCUT2D eigenvalue weighted by Crippen LogP contribution is 1.92. The fourth-order valence-corrected chi connectivity index (χ4v) is 1.20. The highest BCUT2D eigenvalue weighted by molar-refractivity contribution is 5.77. The van der Waals surface area contributed by atoms with Crippen molar-refractivity contribution in [1.82, 2.24) is 10.2 Å². The van der Waals surface area contributed by atoms with Gasteiger partial charge in [-0.3, -0.25) is 0 Å². The van der Waals surface area contributed by atoms with E-state index in [9.17, 15) is 9.59 Å². The molecule has 0 aromatic carbocycles. The van der Waals surface area contributed by atoms with Crippen LogP contribution in [-0.4, -0.2) is 80.3 Å². The summed E-state index contributed by atoms with van der Waals surface area (Å²) in [6, 6.07) is -0.468. The molecule has 0 saturated heterocycles. The smallest absolute Gasteiger partial charge is 0.334 e. The van der Waals surface area contributed by atoms with E-state index in [0.717, 1.165) is 0 Å². The second kappa shape index (κ2) is 9.63. The number of carbonyl (C=O) groups excluding carboxylic acids is 1. The Morgan fingerprint density at radius 3 is 2.44 bits per heavy atom. The maximum absolute atomic E-state index is 11.7. The molecule has 0 heterocycles. The molecule has 0 fully saturated rings. The minimum atomic E-state index is -1.15. The second-order valence-electron chi connectivity index (χ2n) is 3.45. The second-order valence-corrected chi connectivity index (χ2v) is 3.45. The summed E-state index contributed by atoms with van der Waals surface area (Å²) in [5.74, 6) is -1.15. The van der Waals surface area contributed by atoms with Crippen molar-refractivity contribution in [2.75, 3.05) is 47.1 Å². The van der Waals surface area contributed by atoms with Crippen molar-refractivity contribution in [3.63, 3.8) is 0 Å². The van der Waals surface area contributed by atoms with Crippen molar-refractivity contribution < 1.29 is 29.3 Å². The number of methoxy groups -OCH3 is 2. The standard InChI is InChI=1S/C10H20N2O6/c1-17-6-4-12(3-5-13)10(16)11-7-8(18-2)9(14)15/h8,13H,3-7H2,1-2H3,(H,11,16)(H,14,15). The number of amides is 2. The van der Waals surface area contributed by atoms with Gasteiger partial charge in [0.15, 0.2) is 6.10 Å². The van der Waals surface area contributed by atoms with Gasteiger partial charge in [-0.25, -0.2) is 9.59 Å². The first-order valence-electron chi connectivity index (χ1n) is 5.45. The van der Waals surface area contributed by atoms with E-state index in [-0.39, 0.29) is 19.7 Å². The van der Waals surface area contributed by atoms with E-state index in [2.05, 4.69) is 10.1 Å². The topological polar surface area (TPSA) is 108 Å². The van der Waals surface area contributed by atoms with Gasteiger partial charge in [-0.1, -0.05) is 0 Å². The molecule has 2 amide bonds. The molecule has 0 saturated carbocycles. The predicted molar refractivity (Wildman–Crippen MR) is 62.4 cm³/mol. The van der Waals surface area contributed by atoms with Crippen molar-refractivity contribution in [3.05, 3.63) is 0 Å². The maximum atomic E-state index is 11.7. The summed E-state index contributed by atoms with van der Waals surface area (Å²) in [4.78, 5) is 23.7. The number of rotatable bonds is 9. The third-order valence-electron chi connectivity index (χ3n) is 2.22. The Bertz CT molecular complexity index is 261. The lowest BCUT2D eigenvalue weighted by atomic mass is 10.3. The van der Waals surface area contributed by atoms with Gasteiger partial charge >= 0.3 is 12.0 Å². The molecule has 0 radical (unpaired) electrons. The largest absolute Gasteiger partial charge is 0.479 e. The zero-order chi connectivity index (χ0) is 14.0. The Balaban J connectivity index is 4.19. The zero-order valence-electron chi connectivity index (χ0n) is 10.6. The molecule has 0 aromatic rings. The molecule has 18 heavy (non-hydrogen) atoms. The Hall–Kier alpha value is -1.38. The summed E-state index contributed by atoms with van der Waals surface area (Å²) < 4.78 is 9.51. The minimum Gasteiger partial charge on any atom is -0.479 e. The van der Waals surface area contributed by atoms with Gasteiger partial charge in [0.05, 0.1) is 19.8 Å². The SMILES string of the molecule is COCCN(CCO)C(=O)NCC(OC)C(=O)O. The third-order valence-corrected chi connectivity index (χ3v) is 2.22. The van der Waals surface area contributed by atoms with Crippen LogP contribution in [0.2, 0.25) is 0 Å². The molecule has 0 aliphatic carbocycles. The monoisotopic (exact) mass is 264 g/mol. The van der Waals surface area contributed by atoms with Gasteiger partial charge in [0.1, 0.15) is 0 Å². The average molecular weight is 264 g/mol. The van der Waals surface area contributed by atoms with E-state index in [1.807, 2.05) is 0 Å². The number of aliphatic hydroxyl groups excluding tert-OH is 1. The molecular formula is C10H20N2O6. The lowest BCUT2D eigenvalue weighted by Gasteiger charge is -2.22. The zero-order valence-corrected chi connectivity index (χ0v) is 10.6. The van der Waals surface area contributed by atoms with Gasteiger partial charge in [0, 0.05) is 27.3 Å². The number of nitrogens with one attached hydrogen (secondary N) is 1. The number of aliphatic hydroxyl groups is 1. The van der Waals surface area contributed by atoms with Crippen LogP contribution in [0.25, 0.3) is 0 Å². The fraction of sp³-hybridized carbons (Fsp3) is 0.800. The summed E-state index contributed by atoms with van der Waals surface area (Å²) in [7, 11) is 2.75. The lowest BCUT2D eigenvalue weighted by Crippen LogP contribution is -2.46. The molecule has 106 valence electrons. The van der Waals surface area contributed by atoms with E-state index < -0.39 is 18.1 Å². The molecule has 3 N–H and O–H groups in total. The number of carboxylic acid groups (broad SMARTS) is 1. The lowest BCUT2D eigenvalue weighted by molar-refractivity contribution is -0.148. The summed E-state index contributed by atoms with van der Waals surface area (Å²) >= 11 is 0. The summed E-state index contributed by atoms with van der Waals surface area (Å²) in [6.45, 7) is 0.483. The third kappa shape index (κ3) is 6.38. The van der Waals surface area contributed by atoms with E-state index in [1.165, 1.54) is 19.1 Å². The number of carboxylic acids is 1. The van der Waals surface area contributed by atoms with Gasteiger partial charge in [-0.15, -0.1) is 0 Å². The molecule has 0 aliphatic heterocycles. The van der Waals surface area contributed by atoms with Crippen LogP contribution in [0.1, 0.15) is 0 Å². The van der Waals surface area contributed by atoms with Crippen molar-refractivity contribution in [2.45, 2.75) is 6.10 Å². The number of nitrogens with zero attached hydrogens (tertiary/aromatic N) is 1. The van der Waals surface area contributed by atoms with Gasteiger partial charge in [0.25, 0.3) is 0 Å². The Kier molecular flexibility index (Phi) is 8.89. The first-order valence-corrected chi connectivity index (χ1v) is 5.45. The average Bonchev–Trinajstić information content (AvgIpc) is 2.34. The normalized spacial score (nSPS) is 11.9. The van der Waals surface area contributed by atoms with Crippen molar-refractivity contribution in [1.29, 1.82) is 0 Å². The first kappa shape index (κ1) is 16.6. The highest BCUT2D eigenvalue weighted by atomic mass is 16.5. The van der Waals surface area contributed by atoms with Crippen LogP contribution in [0.3, 0.4) is 0 Å². The van der Waals surface area contributed by atoms with Crippen molar-refractivity contribution in [2.24, 2.45) is 0 Å². The van der Waals surface area contributed by atoms with Crippen molar-refractivity contribution in [3.8, 4) is 0 Å². The van der Waals surface area contributed by atoms with Gasteiger partial charge in [-0.05, 0) is 0 Å². The minimum absolute atomic E-state index is 0.139. The predicted octanol–water partition coefficient (Wildman–Crippen LogP) is -1.26. The molecular weight excluding hydrogens is 244 g/mol.